The Morgan fingerprint density at radius 1 is 1.10 bits per heavy atom. The van der Waals surface area contributed by atoms with Crippen molar-refractivity contribution in [2.75, 3.05) is 20.8 Å². The van der Waals surface area contributed by atoms with E-state index in [1.165, 1.54) is 11.8 Å². The first-order valence-electron chi connectivity index (χ1n) is 13.4. The predicted molar refractivity (Wildman–Crippen MR) is 168 cm³/mol. The summed E-state index contributed by atoms with van der Waals surface area (Å²) in [6, 6.07) is 19.2. The number of thioether (sulfide) groups is 1. The zero-order valence-corrected chi connectivity index (χ0v) is 25.0. The number of nitrogens with zero attached hydrogens (tertiary/aromatic N) is 2. The van der Waals surface area contributed by atoms with Crippen molar-refractivity contribution >= 4 is 57.1 Å². The number of aliphatic imine (C=N–C) groups is 1. The lowest BCUT2D eigenvalue weighted by Crippen LogP contribution is -2.31. The molecule has 7 nitrogen and oxygen atoms in total. The molecule has 0 radical (unpaired) electrons. The zero-order valence-electron chi connectivity index (χ0n) is 23.4. The smallest absolute Gasteiger partial charge is 0.266 e. The molecule has 2 heterocycles. The molecule has 4 aromatic rings. The van der Waals surface area contributed by atoms with Crippen LogP contribution in [0.3, 0.4) is 0 Å². The molecule has 1 aliphatic heterocycles. The molecule has 0 aliphatic carbocycles. The highest BCUT2D eigenvalue weighted by atomic mass is 35.5. The van der Waals surface area contributed by atoms with E-state index in [0.717, 1.165) is 39.9 Å². The van der Waals surface area contributed by atoms with Gasteiger partial charge in [-0.3, -0.25) is 9.69 Å². The third-order valence-corrected chi connectivity index (χ3v) is 8.20. The first-order chi connectivity index (χ1) is 19.9. The summed E-state index contributed by atoms with van der Waals surface area (Å²) < 4.78 is 16.8. The number of carbonyl (C=O) groups excluding carboxylic acids is 1. The van der Waals surface area contributed by atoms with Crippen molar-refractivity contribution in [3.8, 4) is 17.2 Å². The van der Waals surface area contributed by atoms with Crippen LogP contribution in [0.25, 0.3) is 17.0 Å². The Hall–Kier alpha value is -3.88. The van der Waals surface area contributed by atoms with Crippen LogP contribution < -0.4 is 14.2 Å². The number of fused-ring (bicyclic) bond motifs is 1. The Balaban J connectivity index is 1.46. The third-order valence-electron chi connectivity index (χ3n) is 6.91. The van der Waals surface area contributed by atoms with Crippen molar-refractivity contribution in [1.82, 2.24) is 9.88 Å². The summed E-state index contributed by atoms with van der Waals surface area (Å²) in [5, 5.41) is 2.19. The van der Waals surface area contributed by atoms with E-state index in [9.17, 15) is 4.79 Å². The van der Waals surface area contributed by atoms with Gasteiger partial charge in [-0.05, 0) is 91.2 Å². The molecule has 0 saturated carbocycles. The van der Waals surface area contributed by atoms with Gasteiger partial charge >= 0.3 is 0 Å². The van der Waals surface area contributed by atoms with E-state index < -0.39 is 0 Å². The predicted octanol–water partition coefficient (Wildman–Crippen LogP) is 7.86. The molecule has 1 atom stereocenters. The molecule has 0 bridgehead atoms. The number of hydrogen-bond donors (Lipinski definition) is 1. The monoisotopic (exact) mass is 589 g/mol. The number of amides is 1. The maximum atomic E-state index is 13.8. The summed E-state index contributed by atoms with van der Waals surface area (Å²) in [4.78, 5) is 24.2. The molecule has 0 spiro atoms. The molecular formula is C32H32ClN3O4S. The van der Waals surface area contributed by atoms with Gasteiger partial charge in [0.2, 0.25) is 0 Å². The van der Waals surface area contributed by atoms with E-state index in [4.69, 9.17) is 30.8 Å². The van der Waals surface area contributed by atoms with Crippen LogP contribution in [0.2, 0.25) is 5.02 Å². The highest BCUT2D eigenvalue weighted by molar-refractivity contribution is 8.18. The number of hydrogen-bond acceptors (Lipinski definition) is 6. The number of aromatic amines is 1. The number of benzene rings is 3. The van der Waals surface area contributed by atoms with Crippen LogP contribution in [-0.2, 0) is 11.2 Å². The standard InChI is InChI=1S/C32H32ClN3O4S/c1-5-20(2)40-30-26(33)16-21(17-28(30)39-4)18-29-31(37)36(15-14-22-19-34-27-9-7-6-8-25(22)27)32(41-29)35-23-10-12-24(38-3)13-11-23/h6-13,16-20,34H,5,14-15H2,1-4H3/b29-18-,35-32?/t20-/m0/s1. The van der Waals surface area contributed by atoms with Gasteiger partial charge in [-0.1, -0.05) is 36.7 Å². The first kappa shape index (κ1) is 28.6. The Bertz CT molecular complexity index is 1610. The molecule has 3 aromatic carbocycles. The summed E-state index contributed by atoms with van der Waals surface area (Å²) >= 11 is 7.95. The lowest BCUT2D eigenvalue weighted by atomic mass is 10.1. The van der Waals surface area contributed by atoms with E-state index >= 15 is 0 Å². The Kier molecular flexibility index (Phi) is 8.90. The van der Waals surface area contributed by atoms with Gasteiger partial charge in [0.1, 0.15) is 5.75 Å². The molecule has 41 heavy (non-hydrogen) atoms. The maximum Gasteiger partial charge on any atom is 0.266 e. The van der Waals surface area contributed by atoms with Crippen LogP contribution in [0.5, 0.6) is 17.2 Å². The van der Waals surface area contributed by atoms with Crippen LogP contribution in [0.4, 0.5) is 5.69 Å². The van der Waals surface area contributed by atoms with Gasteiger partial charge in [0.05, 0.1) is 35.9 Å². The topological polar surface area (TPSA) is 76.2 Å². The SMILES string of the molecule is CC[C@H](C)Oc1c(Cl)cc(/C=C2\SC(=Nc3ccc(OC)cc3)N(CCc3c[nH]c4ccccc34)C2=O)cc1OC. The van der Waals surface area contributed by atoms with E-state index in [0.29, 0.717) is 39.6 Å². The molecule has 1 fully saturated rings. The number of aromatic nitrogens is 1. The van der Waals surface area contributed by atoms with Crippen LogP contribution in [-0.4, -0.2) is 47.8 Å². The summed E-state index contributed by atoms with van der Waals surface area (Å²) in [5.74, 6) is 1.64. The summed E-state index contributed by atoms with van der Waals surface area (Å²) in [6.45, 7) is 4.50. The number of H-pyrrole nitrogens is 1. The van der Waals surface area contributed by atoms with E-state index in [2.05, 4.69) is 11.1 Å². The number of amidine groups is 1. The number of carbonyl (C=O) groups is 1. The number of methoxy groups -OCH3 is 2. The highest BCUT2D eigenvalue weighted by Gasteiger charge is 2.33. The van der Waals surface area contributed by atoms with Gasteiger partial charge in [0.25, 0.3) is 5.91 Å². The van der Waals surface area contributed by atoms with E-state index in [1.54, 1.807) is 25.2 Å². The van der Waals surface area contributed by atoms with E-state index in [-0.39, 0.29) is 12.0 Å². The number of halogens is 1. The minimum Gasteiger partial charge on any atom is -0.497 e. The van der Waals surface area contributed by atoms with Crippen LogP contribution >= 0.6 is 23.4 Å². The van der Waals surface area contributed by atoms with Crippen molar-refractivity contribution in [1.29, 1.82) is 0 Å². The lowest BCUT2D eigenvalue weighted by Gasteiger charge is -2.17. The van der Waals surface area contributed by atoms with Crippen molar-refractivity contribution in [2.24, 2.45) is 4.99 Å². The van der Waals surface area contributed by atoms with Gasteiger partial charge in [-0.15, -0.1) is 0 Å². The molecule has 1 aromatic heterocycles. The molecule has 5 rings (SSSR count). The fourth-order valence-electron chi connectivity index (χ4n) is 4.50. The molecule has 0 unspecified atom stereocenters. The average molecular weight is 590 g/mol. The van der Waals surface area contributed by atoms with Gasteiger partial charge in [0.15, 0.2) is 16.7 Å². The summed E-state index contributed by atoms with van der Waals surface area (Å²) in [6.07, 6.45) is 5.32. The molecular weight excluding hydrogens is 558 g/mol. The van der Waals surface area contributed by atoms with E-state index in [1.807, 2.05) is 74.7 Å². The molecule has 9 heteroatoms. The Morgan fingerprint density at radius 2 is 1.88 bits per heavy atom. The van der Waals surface area contributed by atoms with Crippen molar-refractivity contribution in [3.05, 3.63) is 87.9 Å². The van der Waals surface area contributed by atoms with Crippen LogP contribution in [0, 0.1) is 0 Å². The average Bonchev–Trinajstić information content (AvgIpc) is 3.53. The highest BCUT2D eigenvalue weighted by Crippen LogP contribution is 2.40. The number of ether oxygens (including phenoxy) is 3. The van der Waals surface area contributed by atoms with Crippen molar-refractivity contribution < 1.29 is 19.0 Å². The number of para-hydroxylation sites is 1. The first-order valence-corrected chi connectivity index (χ1v) is 14.6. The van der Waals surface area contributed by atoms with Crippen molar-refractivity contribution in [2.45, 2.75) is 32.8 Å². The van der Waals surface area contributed by atoms with Gasteiger partial charge in [0, 0.05) is 23.6 Å². The molecule has 1 aliphatic rings. The number of nitrogens with one attached hydrogen (secondary N) is 1. The summed E-state index contributed by atoms with van der Waals surface area (Å²) in [7, 11) is 3.20. The zero-order chi connectivity index (χ0) is 28.9. The normalized spacial score (nSPS) is 16.1. The van der Waals surface area contributed by atoms with Crippen LogP contribution in [0.1, 0.15) is 31.4 Å². The number of rotatable bonds is 10. The second kappa shape index (κ2) is 12.7. The summed E-state index contributed by atoms with van der Waals surface area (Å²) in [5.41, 5.74) is 3.69. The quantitative estimate of drug-likeness (QED) is 0.191. The fraction of sp³-hybridized carbons (Fsp3) is 0.250. The second-order valence-corrected chi connectivity index (χ2v) is 11.1. The maximum absolute atomic E-state index is 13.8. The van der Waals surface area contributed by atoms with Gasteiger partial charge in [-0.25, -0.2) is 4.99 Å². The Labute approximate surface area is 249 Å². The molecule has 1 N–H and O–H groups in total. The minimum absolute atomic E-state index is 0.0139. The van der Waals surface area contributed by atoms with Gasteiger partial charge in [-0.2, -0.15) is 0 Å². The molecule has 1 amide bonds. The van der Waals surface area contributed by atoms with Crippen LogP contribution in [0.15, 0.2) is 76.8 Å². The Morgan fingerprint density at radius 3 is 2.61 bits per heavy atom. The third kappa shape index (κ3) is 6.39. The van der Waals surface area contributed by atoms with Crippen molar-refractivity contribution in [3.63, 3.8) is 0 Å². The lowest BCUT2D eigenvalue weighted by molar-refractivity contribution is -0.122. The molecule has 212 valence electrons. The molecule has 1 saturated heterocycles. The minimum atomic E-state index is -0.114. The fourth-order valence-corrected chi connectivity index (χ4v) is 5.79. The largest absolute Gasteiger partial charge is 0.497 e. The second-order valence-electron chi connectivity index (χ2n) is 9.64. The van der Waals surface area contributed by atoms with Gasteiger partial charge < -0.3 is 19.2 Å².